The Bertz CT molecular complexity index is 358. The zero-order valence-corrected chi connectivity index (χ0v) is 13.0. The SMILES string of the molecule is CCC1CCC(NC(=O)C2CCCCS2)(C(=O)O)CC1. The highest BCUT2D eigenvalue weighted by molar-refractivity contribution is 8.00. The van der Waals surface area contributed by atoms with Crippen LogP contribution in [-0.2, 0) is 9.59 Å². The summed E-state index contributed by atoms with van der Waals surface area (Å²) in [7, 11) is 0. The number of carbonyl (C=O) groups excluding carboxylic acids is 1. The highest BCUT2D eigenvalue weighted by atomic mass is 32.2. The second kappa shape index (κ2) is 6.83. The Hall–Kier alpha value is -0.710. The molecule has 1 saturated carbocycles. The lowest BCUT2D eigenvalue weighted by Gasteiger charge is -2.38. The van der Waals surface area contributed by atoms with Crippen molar-refractivity contribution in [2.75, 3.05) is 5.75 Å². The molecule has 1 unspecified atom stereocenters. The number of rotatable bonds is 4. The summed E-state index contributed by atoms with van der Waals surface area (Å²) in [5.74, 6) is 0.701. The molecule has 1 saturated heterocycles. The van der Waals surface area contributed by atoms with Gasteiger partial charge in [0.25, 0.3) is 0 Å². The molecular weight excluding hydrogens is 274 g/mol. The molecule has 0 spiro atoms. The van der Waals surface area contributed by atoms with Crippen molar-refractivity contribution >= 4 is 23.6 Å². The Morgan fingerprint density at radius 3 is 2.45 bits per heavy atom. The van der Waals surface area contributed by atoms with Gasteiger partial charge in [0.15, 0.2) is 0 Å². The van der Waals surface area contributed by atoms with Gasteiger partial charge < -0.3 is 10.4 Å². The van der Waals surface area contributed by atoms with Gasteiger partial charge in [-0.3, -0.25) is 4.79 Å². The maximum Gasteiger partial charge on any atom is 0.329 e. The van der Waals surface area contributed by atoms with Crippen LogP contribution in [0.2, 0.25) is 0 Å². The minimum Gasteiger partial charge on any atom is -0.480 e. The second-order valence-electron chi connectivity index (χ2n) is 6.08. The van der Waals surface area contributed by atoms with E-state index in [0.717, 1.165) is 44.3 Å². The third kappa shape index (κ3) is 3.48. The van der Waals surface area contributed by atoms with Crippen molar-refractivity contribution in [1.82, 2.24) is 5.32 Å². The standard InChI is InChI=1S/C15H25NO3S/c1-2-11-6-8-15(9-7-11,14(18)19)16-13(17)12-5-3-4-10-20-12/h11-12H,2-10H2,1H3,(H,16,17)(H,18,19). The molecule has 20 heavy (non-hydrogen) atoms. The van der Waals surface area contributed by atoms with E-state index in [4.69, 9.17) is 0 Å². The number of amides is 1. The first kappa shape index (κ1) is 15.7. The topological polar surface area (TPSA) is 66.4 Å². The van der Waals surface area contributed by atoms with Crippen LogP contribution in [0.4, 0.5) is 0 Å². The fourth-order valence-electron chi connectivity index (χ4n) is 3.23. The molecule has 1 aliphatic heterocycles. The van der Waals surface area contributed by atoms with E-state index >= 15 is 0 Å². The summed E-state index contributed by atoms with van der Waals surface area (Å²) in [5.41, 5.74) is -1.01. The Kier molecular flexibility index (Phi) is 5.35. The summed E-state index contributed by atoms with van der Waals surface area (Å²) < 4.78 is 0. The molecule has 4 nitrogen and oxygen atoms in total. The molecule has 1 aliphatic carbocycles. The van der Waals surface area contributed by atoms with E-state index in [1.807, 2.05) is 0 Å². The molecular formula is C15H25NO3S. The molecule has 2 rings (SSSR count). The molecule has 1 atom stereocenters. The third-order valence-electron chi connectivity index (χ3n) is 4.78. The van der Waals surface area contributed by atoms with Crippen LogP contribution in [0.1, 0.15) is 58.3 Å². The smallest absolute Gasteiger partial charge is 0.329 e. The van der Waals surface area contributed by atoms with E-state index < -0.39 is 11.5 Å². The molecule has 114 valence electrons. The van der Waals surface area contributed by atoms with Crippen LogP contribution in [0.5, 0.6) is 0 Å². The maximum atomic E-state index is 12.3. The number of thioether (sulfide) groups is 1. The number of hydrogen-bond acceptors (Lipinski definition) is 3. The van der Waals surface area contributed by atoms with E-state index in [0.29, 0.717) is 18.8 Å². The fraction of sp³-hybridized carbons (Fsp3) is 0.867. The number of carboxylic acids is 1. The van der Waals surface area contributed by atoms with E-state index in [1.165, 1.54) is 0 Å². The summed E-state index contributed by atoms with van der Waals surface area (Å²) in [6, 6.07) is 0. The summed E-state index contributed by atoms with van der Waals surface area (Å²) in [6.07, 6.45) is 7.17. The third-order valence-corrected chi connectivity index (χ3v) is 6.16. The summed E-state index contributed by atoms with van der Waals surface area (Å²) >= 11 is 1.67. The lowest BCUT2D eigenvalue weighted by molar-refractivity contribution is -0.149. The van der Waals surface area contributed by atoms with Crippen molar-refractivity contribution in [3.63, 3.8) is 0 Å². The predicted octanol–water partition coefficient (Wildman–Crippen LogP) is 2.81. The Morgan fingerprint density at radius 2 is 1.95 bits per heavy atom. The Morgan fingerprint density at radius 1 is 1.25 bits per heavy atom. The molecule has 0 radical (unpaired) electrons. The zero-order chi connectivity index (χ0) is 14.6. The van der Waals surface area contributed by atoms with E-state index in [2.05, 4.69) is 12.2 Å². The molecule has 5 heteroatoms. The minimum atomic E-state index is -1.01. The van der Waals surface area contributed by atoms with Gasteiger partial charge in [-0.1, -0.05) is 19.8 Å². The molecule has 2 fully saturated rings. The van der Waals surface area contributed by atoms with Gasteiger partial charge in [0.05, 0.1) is 5.25 Å². The summed E-state index contributed by atoms with van der Waals surface area (Å²) in [5, 5.41) is 12.4. The Balaban J connectivity index is 1.98. The number of carboxylic acid groups (broad SMARTS) is 1. The van der Waals surface area contributed by atoms with Crippen LogP contribution in [0.3, 0.4) is 0 Å². The normalized spacial score (nSPS) is 34.5. The molecule has 1 amide bonds. The van der Waals surface area contributed by atoms with Gasteiger partial charge in [-0.25, -0.2) is 4.79 Å². The van der Waals surface area contributed by atoms with Crippen molar-refractivity contribution in [3.05, 3.63) is 0 Å². The van der Waals surface area contributed by atoms with Crippen LogP contribution in [0, 0.1) is 5.92 Å². The van der Waals surface area contributed by atoms with Gasteiger partial charge in [0.1, 0.15) is 5.54 Å². The van der Waals surface area contributed by atoms with Crippen LogP contribution < -0.4 is 5.32 Å². The van der Waals surface area contributed by atoms with Crippen molar-refractivity contribution in [1.29, 1.82) is 0 Å². The van der Waals surface area contributed by atoms with Crippen molar-refractivity contribution in [2.45, 2.75) is 69.1 Å². The largest absolute Gasteiger partial charge is 0.480 e. The number of aliphatic carboxylic acids is 1. The highest BCUT2D eigenvalue weighted by Gasteiger charge is 2.43. The lowest BCUT2D eigenvalue weighted by Crippen LogP contribution is -2.58. The van der Waals surface area contributed by atoms with E-state index in [1.54, 1.807) is 11.8 Å². The minimum absolute atomic E-state index is 0.0520. The average Bonchev–Trinajstić information content (AvgIpc) is 2.48. The van der Waals surface area contributed by atoms with E-state index in [-0.39, 0.29) is 11.2 Å². The quantitative estimate of drug-likeness (QED) is 0.837. The predicted molar refractivity (Wildman–Crippen MR) is 80.9 cm³/mol. The lowest BCUT2D eigenvalue weighted by atomic mass is 9.75. The first-order chi connectivity index (χ1) is 9.57. The molecule has 2 aliphatic rings. The molecule has 0 aromatic rings. The van der Waals surface area contributed by atoms with Crippen LogP contribution in [-0.4, -0.2) is 33.5 Å². The van der Waals surface area contributed by atoms with Crippen LogP contribution in [0.25, 0.3) is 0 Å². The molecule has 0 aromatic heterocycles. The fourth-order valence-corrected chi connectivity index (χ4v) is 4.43. The van der Waals surface area contributed by atoms with Crippen molar-refractivity contribution in [3.8, 4) is 0 Å². The van der Waals surface area contributed by atoms with Gasteiger partial charge in [-0.05, 0) is 50.2 Å². The molecule has 0 bridgehead atoms. The number of hydrogen-bond donors (Lipinski definition) is 2. The van der Waals surface area contributed by atoms with Gasteiger partial charge in [0.2, 0.25) is 5.91 Å². The summed E-state index contributed by atoms with van der Waals surface area (Å²) in [4.78, 5) is 24.0. The molecule has 2 N–H and O–H groups in total. The average molecular weight is 299 g/mol. The number of carbonyl (C=O) groups is 2. The van der Waals surface area contributed by atoms with Crippen LogP contribution >= 0.6 is 11.8 Å². The van der Waals surface area contributed by atoms with Gasteiger partial charge >= 0.3 is 5.97 Å². The Labute approximate surface area is 125 Å². The summed E-state index contributed by atoms with van der Waals surface area (Å²) in [6.45, 7) is 2.15. The molecule has 0 aromatic carbocycles. The first-order valence-corrected chi connectivity index (χ1v) is 8.79. The maximum absolute atomic E-state index is 12.3. The van der Waals surface area contributed by atoms with E-state index in [9.17, 15) is 14.7 Å². The van der Waals surface area contributed by atoms with Gasteiger partial charge in [-0.2, -0.15) is 0 Å². The van der Waals surface area contributed by atoms with Gasteiger partial charge in [0, 0.05) is 0 Å². The van der Waals surface area contributed by atoms with Crippen molar-refractivity contribution < 1.29 is 14.7 Å². The number of nitrogens with one attached hydrogen (secondary N) is 1. The monoisotopic (exact) mass is 299 g/mol. The van der Waals surface area contributed by atoms with Gasteiger partial charge in [-0.15, -0.1) is 11.8 Å². The van der Waals surface area contributed by atoms with Crippen LogP contribution in [0.15, 0.2) is 0 Å². The zero-order valence-electron chi connectivity index (χ0n) is 12.2. The second-order valence-corrected chi connectivity index (χ2v) is 7.39. The molecule has 1 heterocycles. The first-order valence-electron chi connectivity index (χ1n) is 7.74. The highest BCUT2D eigenvalue weighted by Crippen LogP contribution is 2.35. The van der Waals surface area contributed by atoms with Crippen molar-refractivity contribution in [2.24, 2.45) is 5.92 Å².